The fourth-order valence-corrected chi connectivity index (χ4v) is 2.31. The Morgan fingerprint density at radius 2 is 1.48 bits per heavy atom. The summed E-state index contributed by atoms with van der Waals surface area (Å²) < 4.78 is 5.33. The summed E-state index contributed by atoms with van der Waals surface area (Å²) in [6.45, 7) is 4.29. The molecule has 0 heterocycles. The van der Waals surface area contributed by atoms with Crippen LogP contribution >= 0.6 is 0 Å². The van der Waals surface area contributed by atoms with Crippen LogP contribution in [0.25, 0.3) is 0 Å². The van der Waals surface area contributed by atoms with Gasteiger partial charge in [-0.3, -0.25) is 9.59 Å². The molecular formula is C17H32O4. The van der Waals surface area contributed by atoms with Crippen LogP contribution in [-0.4, -0.2) is 23.1 Å². The molecule has 1 atom stereocenters. The number of hydrogen-bond acceptors (Lipinski definition) is 3. The zero-order valence-electron chi connectivity index (χ0n) is 13.7. The van der Waals surface area contributed by atoms with Crippen LogP contribution in [0.5, 0.6) is 0 Å². The Hall–Kier alpha value is -1.06. The van der Waals surface area contributed by atoms with Crippen LogP contribution in [0.4, 0.5) is 0 Å². The van der Waals surface area contributed by atoms with Crippen LogP contribution in [-0.2, 0) is 14.3 Å². The van der Waals surface area contributed by atoms with Crippen molar-refractivity contribution in [2.45, 2.75) is 97.0 Å². The average molecular weight is 300 g/mol. The van der Waals surface area contributed by atoms with Crippen LogP contribution in [0.15, 0.2) is 0 Å². The number of ether oxygens (including phenoxy) is 1. The summed E-state index contributed by atoms with van der Waals surface area (Å²) in [5.74, 6) is -1.14. The highest BCUT2D eigenvalue weighted by molar-refractivity contribution is 5.71. The van der Waals surface area contributed by atoms with Crippen molar-refractivity contribution in [3.8, 4) is 0 Å². The van der Waals surface area contributed by atoms with Gasteiger partial charge in [-0.25, -0.2) is 0 Å². The first kappa shape index (κ1) is 19.9. The van der Waals surface area contributed by atoms with Gasteiger partial charge in [-0.1, -0.05) is 58.8 Å². The highest BCUT2D eigenvalue weighted by Gasteiger charge is 2.17. The molecule has 0 spiro atoms. The van der Waals surface area contributed by atoms with Gasteiger partial charge < -0.3 is 9.84 Å². The number of hydrogen-bond donors (Lipinski definition) is 1. The molecule has 1 unspecified atom stereocenters. The Labute approximate surface area is 129 Å². The van der Waals surface area contributed by atoms with Gasteiger partial charge in [0, 0.05) is 6.42 Å². The van der Waals surface area contributed by atoms with E-state index < -0.39 is 12.1 Å². The van der Waals surface area contributed by atoms with E-state index in [0.717, 1.165) is 38.5 Å². The Balaban J connectivity index is 3.92. The van der Waals surface area contributed by atoms with Gasteiger partial charge in [-0.05, 0) is 19.3 Å². The molecule has 4 heteroatoms. The van der Waals surface area contributed by atoms with Crippen molar-refractivity contribution < 1.29 is 19.4 Å². The van der Waals surface area contributed by atoms with Crippen molar-refractivity contribution >= 4 is 11.9 Å². The molecule has 0 aliphatic heterocycles. The maximum Gasteiger partial charge on any atom is 0.307 e. The smallest absolute Gasteiger partial charge is 0.307 e. The van der Waals surface area contributed by atoms with Gasteiger partial charge in [0.25, 0.3) is 0 Å². The fraction of sp³-hybridized carbons (Fsp3) is 0.882. The molecule has 124 valence electrons. The molecule has 1 N–H and O–H groups in total. The van der Waals surface area contributed by atoms with Crippen molar-refractivity contribution in [1.29, 1.82) is 0 Å². The number of esters is 1. The number of carboxylic acids is 1. The molecule has 0 fully saturated rings. The minimum atomic E-state index is -0.896. The van der Waals surface area contributed by atoms with Gasteiger partial charge in [0.15, 0.2) is 0 Å². The summed E-state index contributed by atoms with van der Waals surface area (Å²) in [5.41, 5.74) is 0. The number of aliphatic carboxylic acids is 1. The molecule has 0 aromatic rings. The van der Waals surface area contributed by atoms with E-state index in [0.29, 0.717) is 12.8 Å². The van der Waals surface area contributed by atoms with Crippen molar-refractivity contribution in [2.24, 2.45) is 0 Å². The molecule has 0 aliphatic rings. The summed E-state index contributed by atoms with van der Waals surface area (Å²) in [6, 6.07) is 0. The minimum Gasteiger partial charge on any atom is -0.481 e. The molecule has 0 rings (SSSR count). The molecule has 21 heavy (non-hydrogen) atoms. The van der Waals surface area contributed by atoms with Crippen molar-refractivity contribution in [3.05, 3.63) is 0 Å². The molecule has 0 aromatic heterocycles. The average Bonchev–Trinajstić information content (AvgIpc) is 2.42. The van der Waals surface area contributed by atoms with E-state index in [1.54, 1.807) is 0 Å². The monoisotopic (exact) mass is 300 g/mol. The van der Waals surface area contributed by atoms with Crippen molar-refractivity contribution in [2.75, 3.05) is 0 Å². The van der Waals surface area contributed by atoms with E-state index in [4.69, 9.17) is 9.84 Å². The van der Waals surface area contributed by atoms with E-state index in [9.17, 15) is 9.59 Å². The lowest BCUT2D eigenvalue weighted by atomic mass is 10.1. The second kappa shape index (κ2) is 13.9. The predicted molar refractivity (Wildman–Crippen MR) is 84.3 cm³/mol. The van der Waals surface area contributed by atoms with E-state index in [2.05, 4.69) is 13.8 Å². The Kier molecular flexibility index (Phi) is 13.2. The van der Waals surface area contributed by atoms with Gasteiger partial charge in [-0.2, -0.15) is 0 Å². The lowest BCUT2D eigenvalue weighted by Gasteiger charge is -2.16. The summed E-state index contributed by atoms with van der Waals surface area (Å²) in [7, 11) is 0. The third kappa shape index (κ3) is 13.7. The molecule has 0 saturated carbocycles. The van der Waals surface area contributed by atoms with E-state index in [-0.39, 0.29) is 12.4 Å². The zero-order valence-corrected chi connectivity index (χ0v) is 13.7. The van der Waals surface area contributed by atoms with Crippen LogP contribution in [0, 0.1) is 0 Å². The number of carbonyl (C=O) groups excluding carboxylic acids is 1. The highest BCUT2D eigenvalue weighted by Crippen LogP contribution is 2.14. The number of carbonyl (C=O) groups is 2. The first-order valence-electron chi connectivity index (χ1n) is 8.51. The van der Waals surface area contributed by atoms with E-state index in [1.807, 2.05) is 0 Å². The topological polar surface area (TPSA) is 63.6 Å². The lowest BCUT2D eigenvalue weighted by Crippen LogP contribution is -2.21. The summed E-state index contributed by atoms with van der Waals surface area (Å²) in [6.07, 6.45) is 10.2. The Morgan fingerprint density at radius 3 is 2.05 bits per heavy atom. The third-order valence-electron chi connectivity index (χ3n) is 3.56. The molecule has 0 aliphatic carbocycles. The number of unbranched alkanes of at least 4 members (excludes halogenated alkanes) is 7. The molecule has 0 amide bonds. The van der Waals surface area contributed by atoms with Crippen molar-refractivity contribution in [3.63, 3.8) is 0 Å². The van der Waals surface area contributed by atoms with E-state index >= 15 is 0 Å². The first-order chi connectivity index (χ1) is 10.1. The third-order valence-corrected chi connectivity index (χ3v) is 3.56. The van der Waals surface area contributed by atoms with Crippen LogP contribution in [0.1, 0.15) is 90.9 Å². The number of rotatable bonds is 14. The summed E-state index contributed by atoms with van der Waals surface area (Å²) in [4.78, 5) is 22.6. The molecule has 0 aromatic carbocycles. The molecule has 4 nitrogen and oxygen atoms in total. The second-order valence-electron chi connectivity index (χ2n) is 5.72. The molecule has 0 radical (unpaired) electrons. The maximum absolute atomic E-state index is 11.7. The predicted octanol–water partition coefficient (Wildman–Crippen LogP) is 4.70. The Bertz CT molecular complexity index is 276. The standard InChI is InChI=1S/C17H32O4/c1-3-5-7-9-10-12-15(14-16(18)19)21-17(20)13-11-8-6-4-2/h15H,3-14H2,1-2H3,(H,18,19). The van der Waals surface area contributed by atoms with Crippen LogP contribution in [0.3, 0.4) is 0 Å². The van der Waals surface area contributed by atoms with Gasteiger partial charge in [0.1, 0.15) is 6.10 Å². The largest absolute Gasteiger partial charge is 0.481 e. The van der Waals surface area contributed by atoms with Crippen LogP contribution < -0.4 is 0 Å². The molecule has 0 bridgehead atoms. The molecular weight excluding hydrogens is 268 g/mol. The number of carboxylic acid groups (broad SMARTS) is 1. The first-order valence-corrected chi connectivity index (χ1v) is 8.51. The normalized spacial score (nSPS) is 12.1. The summed E-state index contributed by atoms with van der Waals surface area (Å²) >= 11 is 0. The van der Waals surface area contributed by atoms with Gasteiger partial charge >= 0.3 is 11.9 Å². The van der Waals surface area contributed by atoms with E-state index in [1.165, 1.54) is 19.3 Å². The zero-order chi connectivity index (χ0) is 15.9. The fourth-order valence-electron chi connectivity index (χ4n) is 2.31. The lowest BCUT2D eigenvalue weighted by molar-refractivity contribution is -0.153. The highest BCUT2D eigenvalue weighted by atomic mass is 16.5. The minimum absolute atomic E-state index is 0.0749. The second-order valence-corrected chi connectivity index (χ2v) is 5.72. The van der Waals surface area contributed by atoms with Gasteiger partial charge in [0.05, 0.1) is 6.42 Å². The van der Waals surface area contributed by atoms with Crippen molar-refractivity contribution in [1.82, 2.24) is 0 Å². The summed E-state index contributed by atoms with van der Waals surface area (Å²) in [5, 5.41) is 8.89. The van der Waals surface area contributed by atoms with Crippen LogP contribution in [0.2, 0.25) is 0 Å². The maximum atomic E-state index is 11.7. The van der Waals surface area contributed by atoms with Gasteiger partial charge in [-0.15, -0.1) is 0 Å². The Morgan fingerprint density at radius 1 is 0.905 bits per heavy atom. The SMILES string of the molecule is CCCCCCCC(CC(=O)O)OC(=O)CCCCCC. The van der Waals surface area contributed by atoms with Gasteiger partial charge in [0.2, 0.25) is 0 Å². The quantitative estimate of drug-likeness (QED) is 0.373. The molecule has 0 saturated heterocycles.